The van der Waals surface area contributed by atoms with Gasteiger partial charge in [0.25, 0.3) is 0 Å². The van der Waals surface area contributed by atoms with Crippen molar-refractivity contribution in [2.75, 3.05) is 4.90 Å². The van der Waals surface area contributed by atoms with Crippen molar-refractivity contribution in [3.8, 4) is 44.9 Å². The Hall–Kier alpha value is -6.78. The molecule has 0 amide bonds. The lowest BCUT2D eigenvalue weighted by Crippen LogP contribution is -2.10. The van der Waals surface area contributed by atoms with Crippen LogP contribution in [0.2, 0.25) is 0 Å². The number of para-hydroxylation sites is 4. The monoisotopic (exact) mass is 641 g/mol. The summed E-state index contributed by atoms with van der Waals surface area (Å²) in [5, 5.41) is 0.963. The van der Waals surface area contributed by atoms with Gasteiger partial charge in [-0.25, -0.2) is 9.97 Å². The van der Waals surface area contributed by atoms with Crippen molar-refractivity contribution in [1.29, 1.82) is 0 Å². The summed E-state index contributed by atoms with van der Waals surface area (Å²) in [6, 6.07) is 65.0. The van der Waals surface area contributed by atoms with Gasteiger partial charge in [0, 0.05) is 39.0 Å². The van der Waals surface area contributed by atoms with Gasteiger partial charge in [0.15, 0.2) is 11.4 Å². The van der Waals surface area contributed by atoms with Gasteiger partial charge in [-0.2, -0.15) is 0 Å². The molecule has 0 aliphatic heterocycles. The molecular formula is C46H31N3O. The second kappa shape index (κ2) is 12.7. The molecule has 0 fully saturated rings. The minimum atomic E-state index is 0.674. The third-order valence-electron chi connectivity index (χ3n) is 9.10. The van der Waals surface area contributed by atoms with Gasteiger partial charge in [-0.3, -0.25) is 0 Å². The van der Waals surface area contributed by atoms with E-state index in [-0.39, 0.29) is 0 Å². The van der Waals surface area contributed by atoms with Crippen LogP contribution in [0.15, 0.2) is 192 Å². The summed E-state index contributed by atoms with van der Waals surface area (Å²) in [5.41, 5.74) is 12.7. The predicted molar refractivity (Wildman–Crippen MR) is 206 cm³/mol. The van der Waals surface area contributed by atoms with Crippen LogP contribution in [-0.4, -0.2) is 9.97 Å². The van der Waals surface area contributed by atoms with E-state index in [1.165, 1.54) is 0 Å². The maximum Gasteiger partial charge on any atom is 0.180 e. The molecule has 0 bridgehead atoms. The molecule has 50 heavy (non-hydrogen) atoms. The molecule has 2 aromatic heterocycles. The average molecular weight is 642 g/mol. The maximum absolute atomic E-state index is 6.75. The van der Waals surface area contributed by atoms with Crippen molar-refractivity contribution >= 4 is 39.1 Å². The second-order valence-electron chi connectivity index (χ2n) is 12.2. The zero-order valence-electron chi connectivity index (χ0n) is 27.1. The van der Waals surface area contributed by atoms with Gasteiger partial charge in [0.2, 0.25) is 0 Å². The summed E-state index contributed by atoms with van der Waals surface area (Å²) >= 11 is 0. The molecule has 9 aromatic rings. The molecule has 0 unspecified atom stereocenters. The van der Waals surface area contributed by atoms with E-state index in [0.717, 1.165) is 72.6 Å². The Morgan fingerprint density at radius 1 is 0.380 bits per heavy atom. The average Bonchev–Trinajstić information content (AvgIpc) is 3.58. The molecule has 9 rings (SSSR count). The van der Waals surface area contributed by atoms with Gasteiger partial charge in [-0.1, -0.05) is 152 Å². The lowest BCUT2D eigenvalue weighted by molar-refractivity contribution is 0.668. The van der Waals surface area contributed by atoms with Crippen molar-refractivity contribution in [3.05, 3.63) is 188 Å². The third kappa shape index (κ3) is 5.29. The fourth-order valence-electron chi connectivity index (χ4n) is 6.72. The molecule has 0 N–H and O–H groups in total. The van der Waals surface area contributed by atoms with Crippen LogP contribution in [-0.2, 0) is 0 Å². The fourth-order valence-corrected chi connectivity index (χ4v) is 6.72. The molecule has 0 aliphatic carbocycles. The fraction of sp³-hybridized carbons (Fsp3) is 0. The van der Waals surface area contributed by atoms with E-state index < -0.39 is 0 Å². The highest BCUT2D eigenvalue weighted by atomic mass is 16.3. The summed E-state index contributed by atoms with van der Waals surface area (Å²) in [6.07, 6.45) is 0. The van der Waals surface area contributed by atoms with E-state index in [9.17, 15) is 0 Å². The van der Waals surface area contributed by atoms with Crippen LogP contribution < -0.4 is 4.90 Å². The number of anilines is 3. The van der Waals surface area contributed by atoms with Gasteiger partial charge < -0.3 is 9.32 Å². The van der Waals surface area contributed by atoms with Gasteiger partial charge in [0.1, 0.15) is 16.8 Å². The van der Waals surface area contributed by atoms with Crippen LogP contribution in [0.25, 0.3) is 67.0 Å². The number of hydrogen-bond donors (Lipinski definition) is 0. The summed E-state index contributed by atoms with van der Waals surface area (Å²) in [5.74, 6) is 0.674. The van der Waals surface area contributed by atoms with E-state index in [0.29, 0.717) is 11.4 Å². The Kier molecular flexibility index (Phi) is 7.45. The molecular weight excluding hydrogens is 611 g/mol. The van der Waals surface area contributed by atoms with Crippen molar-refractivity contribution in [1.82, 2.24) is 9.97 Å². The zero-order chi connectivity index (χ0) is 33.3. The van der Waals surface area contributed by atoms with Gasteiger partial charge in [-0.05, 0) is 47.5 Å². The van der Waals surface area contributed by atoms with Crippen molar-refractivity contribution in [2.24, 2.45) is 0 Å². The lowest BCUT2D eigenvalue weighted by Gasteiger charge is -2.27. The Morgan fingerprint density at radius 3 is 1.54 bits per heavy atom. The standard InChI is InChI=1S/C46H31N3O/c1-5-16-34(17-6-1)42-45-43(48-46(47-42)35-18-7-2-8-19-35)40-26-15-25-39(44(40)50-45)33-30-28-32(29-31-33)38-24-13-14-27-41(38)49(36-20-9-3-10-21-36)37-22-11-4-12-23-37/h1-31H. The predicted octanol–water partition coefficient (Wildman–Crippen LogP) is 12.5. The van der Waals surface area contributed by atoms with Gasteiger partial charge in [-0.15, -0.1) is 0 Å². The summed E-state index contributed by atoms with van der Waals surface area (Å²) < 4.78 is 6.75. The molecule has 4 nitrogen and oxygen atoms in total. The zero-order valence-corrected chi connectivity index (χ0v) is 27.1. The number of fused-ring (bicyclic) bond motifs is 3. The van der Waals surface area contributed by atoms with Crippen LogP contribution in [0, 0.1) is 0 Å². The smallest absolute Gasteiger partial charge is 0.180 e. The SMILES string of the molecule is c1ccc(-c2nc(-c3ccccc3)c3oc4c(-c5ccc(-c6ccccc6N(c6ccccc6)c6ccccc6)cc5)cccc4c3n2)cc1. The van der Waals surface area contributed by atoms with E-state index in [1.807, 2.05) is 48.5 Å². The van der Waals surface area contributed by atoms with Crippen LogP contribution in [0.3, 0.4) is 0 Å². The van der Waals surface area contributed by atoms with Crippen LogP contribution in [0.5, 0.6) is 0 Å². The number of rotatable bonds is 7. The quantitative estimate of drug-likeness (QED) is 0.174. The van der Waals surface area contributed by atoms with Crippen LogP contribution >= 0.6 is 0 Å². The molecule has 7 aromatic carbocycles. The Balaban J connectivity index is 1.16. The number of furan rings is 1. The van der Waals surface area contributed by atoms with Crippen molar-refractivity contribution < 1.29 is 4.42 Å². The van der Waals surface area contributed by atoms with Crippen molar-refractivity contribution in [3.63, 3.8) is 0 Å². The number of hydrogen-bond acceptors (Lipinski definition) is 4. The second-order valence-corrected chi connectivity index (χ2v) is 12.2. The van der Waals surface area contributed by atoms with Gasteiger partial charge in [0.05, 0.1) is 5.69 Å². The molecule has 0 aliphatic rings. The normalized spacial score (nSPS) is 11.2. The first-order valence-corrected chi connectivity index (χ1v) is 16.8. The maximum atomic E-state index is 6.75. The van der Waals surface area contributed by atoms with E-state index in [1.54, 1.807) is 0 Å². The van der Waals surface area contributed by atoms with E-state index >= 15 is 0 Å². The Morgan fingerprint density at radius 2 is 0.900 bits per heavy atom. The summed E-state index contributed by atoms with van der Waals surface area (Å²) in [4.78, 5) is 12.4. The molecule has 0 radical (unpaired) electrons. The molecule has 0 saturated carbocycles. The Labute approximate surface area is 290 Å². The topological polar surface area (TPSA) is 42.2 Å². The summed E-state index contributed by atoms with van der Waals surface area (Å²) in [6.45, 7) is 0. The Bertz CT molecular complexity index is 2520. The first-order chi connectivity index (χ1) is 24.8. The minimum absolute atomic E-state index is 0.674. The van der Waals surface area contributed by atoms with Crippen LogP contribution in [0.4, 0.5) is 17.1 Å². The highest BCUT2D eigenvalue weighted by Gasteiger charge is 2.21. The molecule has 0 atom stereocenters. The summed E-state index contributed by atoms with van der Waals surface area (Å²) in [7, 11) is 0. The molecule has 0 spiro atoms. The van der Waals surface area contributed by atoms with Gasteiger partial charge >= 0.3 is 0 Å². The molecule has 2 heterocycles. The molecule has 0 saturated heterocycles. The first-order valence-electron chi connectivity index (χ1n) is 16.8. The minimum Gasteiger partial charge on any atom is -0.451 e. The highest BCUT2D eigenvalue weighted by molar-refractivity contribution is 6.11. The third-order valence-corrected chi connectivity index (χ3v) is 9.10. The van der Waals surface area contributed by atoms with E-state index in [2.05, 4.69) is 144 Å². The first kappa shape index (κ1) is 29.4. The van der Waals surface area contributed by atoms with E-state index in [4.69, 9.17) is 14.4 Å². The highest BCUT2D eigenvalue weighted by Crippen LogP contribution is 2.42. The van der Waals surface area contributed by atoms with Crippen molar-refractivity contribution in [2.45, 2.75) is 0 Å². The molecule has 4 heteroatoms. The lowest BCUT2D eigenvalue weighted by atomic mass is 9.97. The number of aromatic nitrogens is 2. The largest absolute Gasteiger partial charge is 0.451 e. The van der Waals surface area contributed by atoms with Crippen LogP contribution in [0.1, 0.15) is 0 Å². The number of benzene rings is 7. The molecule has 236 valence electrons. The number of nitrogens with zero attached hydrogens (tertiary/aromatic N) is 3.